The van der Waals surface area contributed by atoms with Crippen molar-refractivity contribution in [2.75, 3.05) is 0 Å². The van der Waals surface area contributed by atoms with E-state index in [1.165, 1.54) is 0 Å². The summed E-state index contributed by atoms with van der Waals surface area (Å²) in [5, 5.41) is 7.46. The Hall–Kier alpha value is -1.04. The van der Waals surface area contributed by atoms with Crippen LogP contribution in [0.5, 0.6) is 0 Å². The van der Waals surface area contributed by atoms with Gasteiger partial charge in [-0.1, -0.05) is 12.1 Å². The van der Waals surface area contributed by atoms with Gasteiger partial charge in [-0.2, -0.15) is 5.26 Å². The third-order valence-electron chi connectivity index (χ3n) is 1.74. The molecule has 1 aromatic rings. The van der Waals surface area contributed by atoms with E-state index in [0.717, 1.165) is 5.56 Å². The van der Waals surface area contributed by atoms with Crippen molar-refractivity contribution in [2.24, 2.45) is 0 Å². The van der Waals surface area contributed by atoms with E-state index in [0.29, 0.717) is 12.0 Å². The summed E-state index contributed by atoms with van der Waals surface area (Å²) in [5.74, 6) is 0. The van der Waals surface area contributed by atoms with E-state index in [1.807, 2.05) is 6.07 Å². The Bertz CT molecular complexity index is 367. The van der Waals surface area contributed by atoms with Crippen molar-refractivity contribution in [3.63, 3.8) is 0 Å². The zero-order valence-corrected chi connectivity index (χ0v) is 8.72. The van der Waals surface area contributed by atoms with Crippen molar-refractivity contribution >= 4 is 28.4 Å². The molecule has 0 bridgehead atoms. The van der Waals surface area contributed by atoms with Crippen molar-refractivity contribution in [1.29, 1.82) is 5.26 Å². The molecule has 2 nitrogen and oxygen atoms in total. The van der Waals surface area contributed by atoms with Crippen LogP contribution in [0.15, 0.2) is 24.3 Å². The molecule has 0 fully saturated rings. The Morgan fingerprint density at radius 1 is 1.43 bits per heavy atom. The summed E-state index contributed by atoms with van der Waals surface area (Å²) in [6.07, 6.45) is 0.467. The number of carbonyl (C=O) groups is 1. The van der Waals surface area contributed by atoms with E-state index in [9.17, 15) is 4.79 Å². The molecular formula is C10H7Cl2NO. The van der Waals surface area contributed by atoms with Gasteiger partial charge < -0.3 is 0 Å². The maximum Gasteiger partial charge on any atom is 0.252 e. The summed E-state index contributed by atoms with van der Waals surface area (Å²) in [4.78, 5) is 10.7. The second-order valence-corrected chi connectivity index (χ2v) is 3.64. The Morgan fingerprint density at radius 3 is 2.43 bits per heavy atom. The molecule has 0 aliphatic rings. The van der Waals surface area contributed by atoms with E-state index in [1.54, 1.807) is 24.3 Å². The largest absolute Gasteiger partial charge is 0.276 e. The SMILES string of the molecule is N#CC(Cl)Cc1ccc(C(=O)Cl)cc1. The summed E-state index contributed by atoms with van der Waals surface area (Å²) < 4.78 is 0. The first kappa shape index (κ1) is 11.0. The fourth-order valence-electron chi connectivity index (χ4n) is 1.02. The number of nitrogens with zero attached hydrogens (tertiary/aromatic N) is 1. The third-order valence-corrected chi connectivity index (χ3v) is 2.21. The molecule has 0 aliphatic carbocycles. The predicted octanol–water partition coefficient (Wildman–Crippen LogP) is 2.74. The van der Waals surface area contributed by atoms with Crippen LogP contribution in [-0.2, 0) is 6.42 Å². The average molecular weight is 228 g/mol. The van der Waals surface area contributed by atoms with Gasteiger partial charge in [0.2, 0.25) is 0 Å². The monoisotopic (exact) mass is 227 g/mol. The number of hydrogen-bond acceptors (Lipinski definition) is 2. The molecule has 0 N–H and O–H groups in total. The molecule has 0 saturated heterocycles. The average Bonchev–Trinajstić information content (AvgIpc) is 2.18. The van der Waals surface area contributed by atoms with Crippen molar-refractivity contribution in [3.8, 4) is 6.07 Å². The van der Waals surface area contributed by atoms with E-state index in [-0.39, 0.29) is 0 Å². The van der Waals surface area contributed by atoms with Crippen molar-refractivity contribution < 1.29 is 4.79 Å². The molecule has 4 heteroatoms. The van der Waals surface area contributed by atoms with Gasteiger partial charge in [-0.05, 0) is 29.3 Å². The van der Waals surface area contributed by atoms with Gasteiger partial charge in [0.15, 0.2) is 0 Å². The topological polar surface area (TPSA) is 40.9 Å². The van der Waals surface area contributed by atoms with Crippen LogP contribution in [0.25, 0.3) is 0 Å². The second kappa shape index (κ2) is 4.99. The highest BCUT2D eigenvalue weighted by Gasteiger charge is 2.05. The van der Waals surface area contributed by atoms with Crippen LogP contribution >= 0.6 is 23.2 Å². The molecule has 0 aromatic heterocycles. The van der Waals surface area contributed by atoms with Crippen LogP contribution in [0.1, 0.15) is 15.9 Å². The fourth-order valence-corrected chi connectivity index (χ4v) is 1.33. The molecule has 0 amide bonds. The van der Waals surface area contributed by atoms with E-state index in [2.05, 4.69) is 0 Å². The lowest BCUT2D eigenvalue weighted by molar-refractivity contribution is 0.108. The Morgan fingerprint density at radius 2 is 2.00 bits per heavy atom. The highest BCUT2D eigenvalue weighted by molar-refractivity contribution is 6.67. The number of alkyl halides is 1. The Kier molecular flexibility index (Phi) is 3.94. The molecule has 1 rings (SSSR count). The van der Waals surface area contributed by atoms with E-state index < -0.39 is 10.6 Å². The fraction of sp³-hybridized carbons (Fsp3) is 0.200. The van der Waals surface area contributed by atoms with Crippen molar-refractivity contribution in [1.82, 2.24) is 0 Å². The van der Waals surface area contributed by atoms with E-state index in [4.69, 9.17) is 28.5 Å². The first-order valence-electron chi connectivity index (χ1n) is 3.96. The predicted molar refractivity (Wildman–Crippen MR) is 55.6 cm³/mol. The molecule has 14 heavy (non-hydrogen) atoms. The zero-order chi connectivity index (χ0) is 10.6. The van der Waals surface area contributed by atoms with Gasteiger partial charge in [-0.25, -0.2) is 0 Å². The van der Waals surface area contributed by atoms with Gasteiger partial charge in [0, 0.05) is 12.0 Å². The van der Waals surface area contributed by atoms with Crippen LogP contribution in [0, 0.1) is 11.3 Å². The van der Waals surface area contributed by atoms with Gasteiger partial charge in [0.25, 0.3) is 5.24 Å². The number of rotatable bonds is 3. The zero-order valence-electron chi connectivity index (χ0n) is 7.21. The number of halogens is 2. The first-order chi connectivity index (χ1) is 6.63. The minimum absolute atomic E-state index is 0.443. The van der Waals surface area contributed by atoms with Crippen LogP contribution in [0.3, 0.4) is 0 Å². The third kappa shape index (κ3) is 3.02. The molecule has 0 radical (unpaired) electrons. The van der Waals surface area contributed by atoms with E-state index >= 15 is 0 Å². The minimum atomic E-state index is -0.535. The summed E-state index contributed by atoms with van der Waals surface area (Å²) in [6, 6.07) is 8.63. The maximum absolute atomic E-state index is 10.7. The summed E-state index contributed by atoms with van der Waals surface area (Å²) in [5.41, 5.74) is 1.35. The first-order valence-corrected chi connectivity index (χ1v) is 4.77. The lowest BCUT2D eigenvalue weighted by atomic mass is 10.1. The molecule has 0 aliphatic heterocycles. The summed E-state index contributed by atoms with van der Waals surface area (Å²) in [7, 11) is 0. The molecule has 0 saturated carbocycles. The molecule has 1 atom stereocenters. The van der Waals surface area contributed by atoms with Gasteiger partial charge in [-0.15, -0.1) is 11.6 Å². The van der Waals surface area contributed by atoms with Crippen LogP contribution in [0.4, 0.5) is 0 Å². The molecular weight excluding hydrogens is 221 g/mol. The normalized spacial score (nSPS) is 11.8. The van der Waals surface area contributed by atoms with Gasteiger partial charge in [-0.3, -0.25) is 4.79 Å². The van der Waals surface area contributed by atoms with Crippen molar-refractivity contribution in [3.05, 3.63) is 35.4 Å². The van der Waals surface area contributed by atoms with Gasteiger partial charge >= 0.3 is 0 Å². The molecule has 0 heterocycles. The molecule has 0 spiro atoms. The quantitative estimate of drug-likeness (QED) is 0.589. The molecule has 1 unspecified atom stereocenters. The highest BCUT2D eigenvalue weighted by atomic mass is 35.5. The van der Waals surface area contributed by atoms with Crippen LogP contribution < -0.4 is 0 Å². The number of benzene rings is 1. The number of carbonyl (C=O) groups excluding carboxylic acids is 1. The Balaban J connectivity index is 2.75. The Labute approximate surface area is 92.1 Å². The number of hydrogen-bond donors (Lipinski definition) is 0. The molecule has 72 valence electrons. The molecule has 1 aromatic carbocycles. The highest BCUT2D eigenvalue weighted by Crippen LogP contribution is 2.10. The minimum Gasteiger partial charge on any atom is -0.276 e. The smallest absolute Gasteiger partial charge is 0.252 e. The lowest BCUT2D eigenvalue weighted by Crippen LogP contribution is -1.99. The summed E-state index contributed by atoms with van der Waals surface area (Å²) in [6.45, 7) is 0. The summed E-state index contributed by atoms with van der Waals surface area (Å²) >= 11 is 10.9. The standard InChI is InChI=1S/C10H7Cl2NO/c11-9(6-13)5-7-1-3-8(4-2-7)10(12)14/h1-4,9H,5H2. The lowest BCUT2D eigenvalue weighted by Gasteiger charge is -2.01. The van der Waals surface area contributed by atoms with Gasteiger partial charge in [0.1, 0.15) is 5.38 Å². The van der Waals surface area contributed by atoms with Gasteiger partial charge in [0.05, 0.1) is 6.07 Å². The second-order valence-electron chi connectivity index (χ2n) is 2.77. The number of nitriles is 1. The maximum atomic E-state index is 10.7. The van der Waals surface area contributed by atoms with Crippen molar-refractivity contribution in [2.45, 2.75) is 11.8 Å². The van der Waals surface area contributed by atoms with Crippen LogP contribution in [0.2, 0.25) is 0 Å². The van der Waals surface area contributed by atoms with Crippen LogP contribution in [-0.4, -0.2) is 10.6 Å².